The van der Waals surface area contributed by atoms with Crippen molar-refractivity contribution in [2.24, 2.45) is 0 Å². The lowest BCUT2D eigenvalue weighted by molar-refractivity contribution is 1.50. The zero-order valence-electron chi connectivity index (χ0n) is 4.89. The molecule has 0 aliphatic rings. The Morgan fingerprint density at radius 2 is 2.22 bits per heavy atom. The highest BCUT2D eigenvalue weighted by atomic mass is 79.9. The van der Waals surface area contributed by atoms with E-state index in [0.717, 1.165) is 0 Å². The van der Waals surface area contributed by atoms with Crippen LogP contribution in [-0.2, 0) is 0 Å². The average molecular weight is 184 g/mol. The molecule has 0 aromatic heterocycles. The SMILES string of the molecule is C=C/C=C(/Br)C(=C)C#N. The minimum absolute atomic E-state index is 0.412. The second kappa shape index (κ2) is 4.11. The lowest BCUT2D eigenvalue weighted by Gasteiger charge is -1.87. The van der Waals surface area contributed by atoms with E-state index < -0.39 is 0 Å². The third-order valence-electron chi connectivity index (χ3n) is 0.687. The maximum atomic E-state index is 8.28. The monoisotopic (exact) mass is 183 g/mol. The van der Waals surface area contributed by atoms with E-state index in [4.69, 9.17) is 5.26 Å². The molecule has 1 nitrogen and oxygen atoms in total. The van der Waals surface area contributed by atoms with Gasteiger partial charge in [-0.2, -0.15) is 5.26 Å². The molecular weight excluding hydrogens is 178 g/mol. The van der Waals surface area contributed by atoms with Gasteiger partial charge in [-0.3, -0.25) is 0 Å². The summed E-state index contributed by atoms with van der Waals surface area (Å²) >= 11 is 3.13. The Labute approximate surface area is 63.1 Å². The molecule has 0 saturated heterocycles. The average Bonchev–Trinajstić information content (AvgIpc) is 1.87. The van der Waals surface area contributed by atoms with Crippen LogP contribution in [0, 0.1) is 11.3 Å². The summed E-state index contributed by atoms with van der Waals surface area (Å²) in [6.45, 7) is 6.93. The van der Waals surface area contributed by atoms with Gasteiger partial charge in [-0.15, -0.1) is 0 Å². The third kappa shape index (κ3) is 2.89. The quantitative estimate of drug-likeness (QED) is 0.477. The van der Waals surface area contributed by atoms with Crippen LogP contribution in [0.3, 0.4) is 0 Å². The van der Waals surface area contributed by atoms with E-state index in [2.05, 4.69) is 29.1 Å². The highest BCUT2D eigenvalue weighted by Crippen LogP contribution is 2.13. The summed E-state index contributed by atoms with van der Waals surface area (Å²) in [6.07, 6.45) is 3.26. The van der Waals surface area contributed by atoms with Gasteiger partial charge in [0.25, 0.3) is 0 Å². The van der Waals surface area contributed by atoms with Crippen LogP contribution in [0.25, 0.3) is 0 Å². The molecular formula is C7H6BrN. The van der Waals surface area contributed by atoms with Crippen molar-refractivity contribution >= 4 is 15.9 Å². The molecule has 0 heterocycles. The molecule has 9 heavy (non-hydrogen) atoms. The van der Waals surface area contributed by atoms with Gasteiger partial charge >= 0.3 is 0 Å². The van der Waals surface area contributed by atoms with E-state index in [1.165, 1.54) is 0 Å². The summed E-state index contributed by atoms with van der Waals surface area (Å²) in [4.78, 5) is 0. The highest BCUT2D eigenvalue weighted by molar-refractivity contribution is 9.12. The second-order valence-electron chi connectivity index (χ2n) is 1.34. The van der Waals surface area contributed by atoms with Crippen LogP contribution in [0.2, 0.25) is 0 Å². The second-order valence-corrected chi connectivity index (χ2v) is 2.20. The molecule has 0 aliphatic carbocycles. The number of nitriles is 1. The summed E-state index contributed by atoms with van der Waals surface area (Å²) in [5.41, 5.74) is 0.412. The van der Waals surface area contributed by atoms with Gasteiger partial charge in [0.05, 0.1) is 11.6 Å². The summed E-state index contributed by atoms with van der Waals surface area (Å²) in [7, 11) is 0. The Bertz CT molecular complexity index is 195. The standard InChI is InChI=1S/C7H6BrN/c1-3-4-7(8)6(2)5-9/h3-4H,1-2H2/b7-4+. The van der Waals surface area contributed by atoms with Gasteiger partial charge in [0.2, 0.25) is 0 Å². The van der Waals surface area contributed by atoms with Crippen LogP contribution in [0.15, 0.2) is 35.4 Å². The molecule has 0 rings (SSSR count). The number of hydrogen-bond donors (Lipinski definition) is 0. The van der Waals surface area contributed by atoms with E-state index >= 15 is 0 Å². The van der Waals surface area contributed by atoms with Gasteiger partial charge in [0.1, 0.15) is 0 Å². The smallest absolute Gasteiger partial charge is 0.0997 e. The summed E-state index contributed by atoms with van der Waals surface area (Å²) < 4.78 is 0.681. The number of nitrogens with zero attached hydrogens (tertiary/aromatic N) is 1. The third-order valence-corrected chi connectivity index (χ3v) is 1.43. The van der Waals surface area contributed by atoms with Crippen LogP contribution in [0.5, 0.6) is 0 Å². The fourth-order valence-electron chi connectivity index (χ4n) is 0.257. The lowest BCUT2D eigenvalue weighted by Crippen LogP contribution is -1.71. The van der Waals surface area contributed by atoms with E-state index in [1.807, 2.05) is 6.07 Å². The Morgan fingerprint density at radius 3 is 2.56 bits per heavy atom. The number of rotatable bonds is 2. The van der Waals surface area contributed by atoms with Crippen molar-refractivity contribution in [3.8, 4) is 6.07 Å². The Kier molecular flexibility index (Phi) is 3.74. The maximum Gasteiger partial charge on any atom is 0.0997 e. The molecule has 0 N–H and O–H groups in total. The molecule has 0 spiro atoms. The summed E-state index contributed by atoms with van der Waals surface area (Å²) in [6, 6.07) is 1.89. The van der Waals surface area contributed by atoms with Crippen molar-refractivity contribution in [3.63, 3.8) is 0 Å². The molecule has 0 fully saturated rings. The van der Waals surface area contributed by atoms with Crippen molar-refractivity contribution < 1.29 is 0 Å². The summed E-state index contributed by atoms with van der Waals surface area (Å²) in [5.74, 6) is 0. The lowest BCUT2D eigenvalue weighted by atomic mass is 10.3. The van der Waals surface area contributed by atoms with Crippen LogP contribution in [0.4, 0.5) is 0 Å². The topological polar surface area (TPSA) is 23.8 Å². The first kappa shape index (κ1) is 8.19. The largest absolute Gasteiger partial charge is 0.192 e. The predicted octanol–water partition coefficient (Wildman–Crippen LogP) is 2.53. The summed E-state index contributed by atoms with van der Waals surface area (Å²) in [5, 5.41) is 8.28. The first-order chi connectivity index (χ1) is 4.22. The van der Waals surface area contributed by atoms with Gasteiger partial charge in [0, 0.05) is 4.48 Å². The Balaban J connectivity index is 4.24. The molecule has 0 atom stereocenters. The van der Waals surface area contributed by atoms with Crippen molar-refractivity contribution in [1.29, 1.82) is 5.26 Å². The van der Waals surface area contributed by atoms with Gasteiger partial charge in [0.15, 0.2) is 0 Å². The molecule has 0 amide bonds. The minimum atomic E-state index is 0.412. The van der Waals surface area contributed by atoms with Crippen molar-refractivity contribution in [1.82, 2.24) is 0 Å². The van der Waals surface area contributed by atoms with Crippen molar-refractivity contribution in [2.45, 2.75) is 0 Å². The molecule has 0 aromatic carbocycles. The normalized spacial score (nSPS) is 10.0. The predicted molar refractivity (Wildman–Crippen MR) is 42.0 cm³/mol. The first-order valence-corrected chi connectivity index (χ1v) is 3.09. The van der Waals surface area contributed by atoms with Crippen molar-refractivity contribution in [2.75, 3.05) is 0 Å². The maximum absolute atomic E-state index is 8.28. The van der Waals surface area contributed by atoms with E-state index in [0.29, 0.717) is 10.1 Å². The molecule has 2 heteroatoms. The first-order valence-electron chi connectivity index (χ1n) is 2.30. The molecule has 0 aromatic rings. The molecule has 0 unspecified atom stereocenters. The number of hydrogen-bond acceptors (Lipinski definition) is 1. The van der Waals surface area contributed by atoms with Crippen LogP contribution in [0.1, 0.15) is 0 Å². The fraction of sp³-hybridized carbons (Fsp3) is 0. The van der Waals surface area contributed by atoms with Crippen molar-refractivity contribution in [3.05, 3.63) is 35.4 Å². The van der Waals surface area contributed by atoms with Crippen LogP contribution < -0.4 is 0 Å². The zero-order valence-corrected chi connectivity index (χ0v) is 6.48. The highest BCUT2D eigenvalue weighted by Gasteiger charge is 1.91. The molecule has 46 valence electrons. The minimum Gasteiger partial charge on any atom is -0.192 e. The van der Waals surface area contributed by atoms with E-state index in [-0.39, 0.29) is 0 Å². The Hall–Kier alpha value is -0.810. The van der Waals surface area contributed by atoms with Gasteiger partial charge < -0.3 is 0 Å². The van der Waals surface area contributed by atoms with Gasteiger partial charge in [-0.05, 0) is 22.0 Å². The van der Waals surface area contributed by atoms with E-state index in [1.54, 1.807) is 12.2 Å². The van der Waals surface area contributed by atoms with Crippen LogP contribution >= 0.6 is 15.9 Å². The zero-order chi connectivity index (χ0) is 7.28. The molecule has 0 aliphatic heterocycles. The van der Waals surface area contributed by atoms with Crippen LogP contribution in [-0.4, -0.2) is 0 Å². The molecule has 0 bridgehead atoms. The van der Waals surface area contributed by atoms with E-state index in [9.17, 15) is 0 Å². The Morgan fingerprint density at radius 1 is 1.67 bits per heavy atom. The molecule has 0 radical (unpaired) electrons. The van der Waals surface area contributed by atoms with Gasteiger partial charge in [-0.1, -0.05) is 19.2 Å². The fourth-order valence-corrected chi connectivity index (χ4v) is 0.533. The van der Waals surface area contributed by atoms with Gasteiger partial charge in [-0.25, -0.2) is 0 Å². The number of halogens is 1. The molecule has 0 saturated carbocycles. The number of allylic oxidation sites excluding steroid dienone is 4.